The van der Waals surface area contributed by atoms with Crippen LogP contribution in [0.4, 0.5) is 5.82 Å². The van der Waals surface area contributed by atoms with E-state index >= 15 is 0 Å². The molecule has 0 saturated carbocycles. The van der Waals surface area contributed by atoms with Crippen molar-refractivity contribution in [3.63, 3.8) is 0 Å². The van der Waals surface area contributed by atoms with Crippen molar-refractivity contribution in [2.24, 2.45) is 0 Å². The van der Waals surface area contributed by atoms with Gasteiger partial charge in [0.05, 0.1) is 12.2 Å². The van der Waals surface area contributed by atoms with E-state index in [1.54, 1.807) is 12.3 Å². The molecule has 0 atom stereocenters. The molecular formula is C9H12N2O. The molecule has 0 aliphatic rings. The number of nitrogen functional groups attached to an aromatic ring is 1. The van der Waals surface area contributed by atoms with Crippen molar-refractivity contribution in [2.45, 2.75) is 6.92 Å². The minimum Gasteiger partial charge on any atom is -0.494 e. The van der Waals surface area contributed by atoms with Crippen LogP contribution >= 0.6 is 0 Å². The van der Waals surface area contributed by atoms with Crippen LogP contribution in [0.5, 0.6) is 0 Å². The van der Waals surface area contributed by atoms with Gasteiger partial charge in [-0.15, -0.1) is 0 Å². The molecule has 2 N–H and O–H groups in total. The SMILES string of the molecule is C=C(OCC)c1cccnc1N. The normalized spacial score (nSPS) is 9.42. The number of hydrogen-bond acceptors (Lipinski definition) is 3. The lowest BCUT2D eigenvalue weighted by atomic mass is 10.2. The van der Waals surface area contributed by atoms with Crippen molar-refractivity contribution in [3.8, 4) is 0 Å². The lowest BCUT2D eigenvalue weighted by Gasteiger charge is -2.07. The van der Waals surface area contributed by atoms with Gasteiger partial charge in [-0.2, -0.15) is 0 Å². The molecule has 0 fully saturated rings. The summed E-state index contributed by atoms with van der Waals surface area (Å²) in [6.45, 7) is 6.22. The number of rotatable bonds is 3. The van der Waals surface area contributed by atoms with E-state index in [4.69, 9.17) is 10.5 Å². The number of nitrogens with two attached hydrogens (primary N) is 1. The van der Waals surface area contributed by atoms with Crippen LogP contribution in [0.1, 0.15) is 12.5 Å². The van der Waals surface area contributed by atoms with Crippen LogP contribution in [0.3, 0.4) is 0 Å². The van der Waals surface area contributed by atoms with Crippen LogP contribution < -0.4 is 5.73 Å². The second-order valence-electron chi connectivity index (χ2n) is 2.29. The quantitative estimate of drug-likeness (QED) is 0.691. The predicted molar refractivity (Wildman–Crippen MR) is 49.3 cm³/mol. The van der Waals surface area contributed by atoms with Gasteiger partial charge in [-0.05, 0) is 19.1 Å². The number of nitrogens with zero attached hydrogens (tertiary/aromatic N) is 1. The van der Waals surface area contributed by atoms with E-state index in [-0.39, 0.29) is 0 Å². The largest absolute Gasteiger partial charge is 0.494 e. The molecule has 3 heteroatoms. The zero-order chi connectivity index (χ0) is 8.97. The molecule has 1 rings (SSSR count). The van der Waals surface area contributed by atoms with Gasteiger partial charge in [0.15, 0.2) is 0 Å². The maximum Gasteiger partial charge on any atom is 0.134 e. The summed E-state index contributed by atoms with van der Waals surface area (Å²) in [6.07, 6.45) is 1.64. The highest BCUT2D eigenvalue weighted by Crippen LogP contribution is 2.17. The summed E-state index contributed by atoms with van der Waals surface area (Å²) >= 11 is 0. The Morgan fingerprint density at radius 3 is 3.08 bits per heavy atom. The number of aromatic nitrogens is 1. The molecule has 1 aromatic rings. The molecule has 0 unspecified atom stereocenters. The fourth-order valence-electron chi connectivity index (χ4n) is 0.905. The number of hydrogen-bond donors (Lipinski definition) is 1. The lowest BCUT2D eigenvalue weighted by molar-refractivity contribution is 0.299. The van der Waals surface area contributed by atoms with Crippen LogP contribution in [0.15, 0.2) is 24.9 Å². The third-order valence-corrected chi connectivity index (χ3v) is 1.46. The van der Waals surface area contributed by atoms with Crippen LogP contribution in [0.25, 0.3) is 5.76 Å². The van der Waals surface area contributed by atoms with Gasteiger partial charge >= 0.3 is 0 Å². The van der Waals surface area contributed by atoms with Crippen molar-refractivity contribution in [1.82, 2.24) is 4.98 Å². The van der Waals surface area contributed by atoms with Crippen molar-refractivity contribution in [1.29, 1.82) is 0 Å². The molecule has 64 valence electrons. The Hall–Kier alpha value is -1.51. The zero-order valence-electron chi connectivity index (χ0n) is 7.08. The summed E-state index contributed by atoms with van der Waals surface area (Å²) < 4.78 is 5.19. The average Bonchev–Trinajstić information content (AvgIpc) is 2.05. The van der Waals surface area contributed by atoms with E-state index in [9.17, 15) is 0 Å². The van der Waals surface area contributed by atoms with Gasteiger partial charge in [0.2, 0.25) is 0 Å². The minimum atomic E-state index is 0.455. The highest BCUT2D eigenvalue weighted by molar-refractivity contribution is 5.66. The van der Waals surface area contributed by atoms with Gasteiger partial charge in [0.1, 0.15) is 11.6 Å². The second kappa shape index (κ2) is 3.76. The first-order valence-corrected chi connectivity index (χ1v) is 3.78. The summed E-state index contributed by atoms with van der Waals surface area (Å²) in [7, 11) is 0. The third-order valence-electron chi connectivity index (χ3n) is 1.46. The third kappa shape index (κ3) is 1.75. The smallest absolute Gasteiger partial charge is 0.134 e. The molecule has 0 aromatic carbocycles. The molecule has 0 bridgehead atoms. The maximum atomic E-state index is 5.60. The molecule has 3 nitrogen and oxygen atoms in total. The highest BCUT2D eigenvalue weighted by Gasteiger charge is 2.02. The van der Waals surface area contributed by atoms with E-state index in [1.165, 1.54) is 0 Å². The molecule has 12 heavy (non-hydrogen) atoms. The Balaban J connectivity index is 2.87. The Morgan fingerprint density at radius 1 is 1.75 bits per heavy atom. The first kappa shape index (κ1) is 8.59. The van der Waals surface area contributed by atoms with E-state index in [1.807, 2.05) is 13.0 Å². The van der Waals surface area contributed by atoms with E-state index < -0.39 is 0 Å². The van der Waals surface area contributed by atoms with Crippen LogP contribution in [0.2, 0.25) is 0 Å². The van der Waals surface area contributed by atoms with E-state index in [0.29, 0.717) is 18.2 Å². The van der Waals surface area contributed by atoms with Crippen molar-refractivity contribution in [2.75, 3.05) is 12.3 Å². The first-order valence-electron chi connectivity index (χ1n) is 3.78. The molecule has 1 aromatic heterocycles. The molecule has 0 aliphatic heterocycles. The highest BCUT2D eigenvalue weighted by atomic mass is 16.5. The van der Waals surface area contributed by atoms with Crippen molar-refractivity contribution >= 4 is 11.6 Å². The molecule has 0 saturated heterocycles. The van der Waals surface area contributed by atoms with E-state index in [0.717, 1.165) is 5.56 Å². The fraction of sp³-hybridized carbons (Fsp3) is 0.222. The van der Waals surface area contributed by atoms with Gasteiger partial charge in [-0.1, -0.05) is 6.58 Å². The monoisotopic (exact) mass is 164 g/mol. The average molecular weight is 164 g/mol. The lowest BCUT2D eigenvalue weighted by Crippen LogP contribution is -1.98. The number of pyridine rings is 1. The van der Waals surface area contributed by atoms with Crippen LogP contribution in [0, 0.1) is 0 Å². The number of ether oxygens (including phenoxy) is 1. The summed E-state index contributed by atoms with van der Waals surface area (Å²) in [5.74, 6) is 1.03. The Labute approximate surface area is 71.9 Å². The van der Waals surface area contributed by atoms with Gasteiger partial charge in [0.25, 0.3) is 0 Å². The van der Waals surface area contributed by atoms with Gasteiger partial charge in [-0.3, -0.25) is 0 Å². The standard InChI is InChI=1S/C9H12N2O/c1-3-12-7(2)8-5-4-6-11-9(8)10/h4-6H,2-3H2,1H3,(H2,10,11). The molecule has 0 amide bonds. The molecule has 0 spiro atoms. The Bertz CT molecular complexity index is 284. The summed E-state index contributed by atoms with van der Waals surface area (Å²) in [5.41, 5.74) is 6.36. The Morgan fingerprint density at radius 2 is 2.50 bits per heavy atom. The van der Waals surface area contributed by atoms with Crippen LogP contribution in [-0.4, -0.2) is 11.6 Å². The number of anilines is 1. The van der Waals surface area contributed by atoms with E-state index in [2.05, 4.69) is 11.6 Å². The molecule has 0 radical (unpaired) electrons. The topological polar surface area (TPSA) is 48.1 Å². The zero-order valence-corrected chi connectivity index (χ0v) is 7.08. The fourth-order valence-corrected chi connectivity index (χ4v) is 0.905. The summed E-state index contributed by atoms with van der Waals surface area (Å²) in [6, 6.07) is 3.64. The maximum absolute atomic E-state index is 5.60. The predicted octanol–water partition coefficient (Wildman–Crippen LogP) is 1.67. The van der Waals surface area contributed by atoms with Gasteiger partial charge in [0, 0.05) is 6.20 Å². The molecule has 1 heterocycles. The summed E-state index contributed by atoms with van der Waals surface area (Å²) in [4.78, 5) is 3.92. The van der Waals surface area contributed by atoms with Crippen LogP contribution in [-0.2, 0) is 4.74 Å². The second-order valence-corrected chi connectivity index (χ2v) is 2.29. The minimum absolute atomic E-state index is 0.455. The van der Waals surface area contributed by atoms with Crippen molar-refractivity contribution < 1.29 is 4.74 Å². The molecular weight excluding hydrogens is 152 g/mol. The molecule has 0 aliphatic carbocycles. The van der Waals surface area contributed by atoms with Gasteiger partial charge in [-0.25, -0.2) is 4.98 Å². The summed E-state index contributed by atoms with van der Waals surface area (Å²) in [5, 5.41) is 0. The first-order chi connectivity index (χ1) is 5.75. The Kier molecular flexibility index (Phi) is 2.69. The van der Waals surface area contributed by atoms with Gasteiger partial charge < -0.3 is 10.5 Å². The van der Waals surface area contributed by atoms with Crippen molar-refractivity contribution in [3.05, 3.63) is 30.5 Å².